The molecule has 0 amide bonds. The number of nitrogens with zero attached hydrogens (tertiary/aromatic N) is 2. The zero-order valence-corrected chi connectivity index (χ0v) is 11.4. The lowest BCUT2D eigenvalue weighted by atomic mass is 10.0. The smallest absolute Gasteiger partial charge is 0.124 e. The van der Waals surface area contributed by atoms with Gasteiger partial charge in [0.1, 0.15) is 6.04 Å². The highest BCUT2D eigenvalue weighted by atomic mass is 127. The van der Waals surface area contributed by atoms with Gasteiger partial charge in [-0.15, -0.1) is 0 Å². The summed E-state index contributed by atoms with van der Waals surface area (Å²) >= 11 is 2.32. The summed E-state index contributed by atoms with van der Waals surface area (Å²) in [5.41, 5.74) is 1.16. The van der Waals surface area contributed by atoms with Crippen molar-refractivity contribution in [3.05, 3.63) is 33.4 Å². The molecule has 0 N–H and O–H groups in total. The normalized spacial score (nSPS) is 19.0. The first-order valence-corrected chi connectivity index (χ1v) is 6.79. The minimum atomic E-state index is -0.0617. The lowest BCUT2D eigenvalue weighted by Gasteiger charge is -2.31. The Kier molecular flexibility index (Phi) is 4.19. The minimum Gasteiger partial charge on any atom is -0.284 e. The number of hydrogen-bond acceptors (Lipinski definition) is 2. The Bertz CT molecular complexity index is 391. The van der Waals surface area contributed by atoms with Gasteiger partial charge in [-0.05, 0) is 60.2 Å². The molecule has 1 aliphatic rings. The molecule has 0 spiro atoms. The molecule has 3 heteroatoms. The van der Waals surface area contributed by atoms with E-state index in [0.717, 1.165) is 18.7 Å². The van der Waals surface area contributed by atoms with Crippen molar-refractivity contribution in [1.29, 1.82) is 5.26 Å². The average Bonchev–Trinajstić information content (AvgIpc) is 2.34. The summed E-state index contributed by atoms with van der Waals surface area (Å²) in [6.45, 7) is 2.12. The van der Waals surface area contributed by atoms with Gasteiger partial charge in [0.2, 0.25) is 0 Å². The summed E-state index contributed by atoms with van der Waals surface area (Å²) < 4.78 is 1.19. The van der Waals surface area contributed by atoms with Crippen LogP contribution in [-0.4, -0.2) is 18.0 Å². The Morgan fingerprint density at radius 2 is 1.88 bits per heavy atom. The van der Waals surface area contributed by atoms with E-state index in [1.807, 2.05) is 12.1 Å². The van der Waals surface area contributed by atoms with Crippen LogP contribution in [0.1, 0.15) is 30.9 Å². The number of likely N-dealkylation sites (tertiary alicyclic amines) is 1. The Hall–Kier alpha value is -0.600. The van der Waals surface area contributed by atoms with Crippen LogP contribution in [0.2, 0.25) is 0 Å². The molecule has 0 radical (unpaired) electrons. The summed E-state index contributed by atoms with van der Waals surface area (Å²) in [6, 6.07) is 10.6. The molecule has 1 aromatic carbocycles. The fraction of sp³-hybridized carbons (Fsp3) is 0.462. The minimum absolute atomic E-state index is 0.0617. The third-order valence-corrected chi connectivity index (χ3v) is 4.06. The molecule has 0 saturated carbocycles. The number of nitriles is 1. The van der Waals surface area contributed by atoms with E-state index in [1.165, 1.54) is 22.8 Å². The fourth-order valence-electron chi connectivity index (χ4n) is 2.22. The van der Waals surface area contributed by atoms with Crippen LogP contribution in [0.5, 0.6) is 0 Å². The van der Waals surface area contributed by atoms with Crippen molar-refractivity contribution in [2.75, 3.05) is 13.1 Å². The average molecular weight is 326 g/mol. The maximum absolute atomic E-state index is 9.36. The summed E-state index contributed by atoms with van der Waals surface area (Å²) in [4.78, 5) is 2.31. The zero-order chi connectivity index (χ0) is 11.4. The van der Waals surface area contributed by atoms with Crippen molar-refractivity contribution in [3.63, 3.8) is 0 Å². The van der Waals surface area contributed by atoms with Gasteiger partial charge in [0.05, 0.1) is 6.07 Å². The molecule has 1 fully saturated rings. The van der Waals surface area contributed by atoms with Crippen molar-refractivity contribution in [1.82, 2.24) is 4.90 Å². The standard InChI is InChI=1S/C13H15IN2/c14-12-7-3-2-6-11(12)13(10-15)16-8-4-1-5-9-16/h2-3,6-7,13H,1,4-5,8-9H2. The molecule has 1 unspecified atom stereocenters. The van der Waals surface area contributed by atoms with Gasteiger partial charge in [-0.2, -0.15) is 5.26 Å². The van der Waals surface area contributed by atoms with Gasteiger partial charge in [-0.25, -0.2) is 0 Å². The maximum atomic E-state index is 9.36. The Morgan fingerprint density at radius 3 is 2.50 bits per heavy atom. The molecule has 1 saturated heterocycles. The van der Waals surface area contributed by atoms with E-state index in [9.17, 15) is 5.26 Å². The van der Waals surface area contributed by atoms with Gasteiger partial charge in [0.25, 0.3) is 0 Å². The Labute approximate surface area is 110 Å². The highest BCUT2D eigenvalue weighted by Gasteiger charge is 2.23. The van der Waals surface area contributed by atoms with Crippen LogP contribution in [0.15, 0.2) is 24.3 Å². The number of hydrogen-bond donors (Lipinski definition) is 0. The molecule has 2 rings (SSSR count). The van der Waals surface area contributed by atoms with E-state index < -0.39 is 0 Å². The molecular weight excluding hydrogens is 311 g/mol. The second-order valence-electron chi connectivity index (χ2n) is 4.15. The molecule has 84 valence electrons. The molecular formula is C13H15IN2. The molecule has 16 heavy (non-hydrogen) atoms. The third kappa shape index (κ3) is 2.55. The summed E-state index contributed by atoms with van der Waals surface area (Å²) in [5.74, 6) is 0. The first kappa shape index (κ1) is 11.9. The number of rotatable bonds is 2. The van der Waals surface area contributed by atoms with Gasteiger partial charge in [-0.3, -0.25) is 4.90 Å². The van der Waals surface area contributed by atoms with Crippen molar-refractivity contribution >= 4 is 22.6 Å². The van der Waals surface area contributed by atoms with Crippen LogP contribution in [0.3, 0.4) is 0 Å². The molecule has 0 bridgehead atoms. The first-order chi connectivity index (χ1) is 7.83. The van der Waals surface area contributed by atoms with Crippen LogP contribution >= 0.6 is 22.6 Å². The molecule has 1 atom stereocenters. The van der Waals surface area contributed by atoms with Gasteiger partial charge in [0, 0.05) is 3.57 Å². The molecule has 2 nitrogen and oxygen atoms in total. The second-order valence-corrected chi connectivity index (χ2v) is 5.31. The van der Waals surface area contributed by atoms with E-state index in [1.54, 1.807) is 0 Å². The van der Waals surface area contributed by atoms with E-state index in [2.05, 4.69) is 45.7 Å². The largest absolute Gasteiger partial charge is 0.284 e. The van der Waals surface area contributed by atoms with Crippen LogP contribution in [-0.2, 0) is 0 Å². The van der Waals surface area contributed by atoms with Crippen molar-refractivity contribution < 1.29 is 0 Å². The lowest BCUT2D eigenvalue weighted by molar-refractivity contribution is 0.195. The fourth-order valence-corrected chi connectivity index (χ4v) is 2.90. The number of benzene rings is 1. The summed E-state index contributed by atoms with van der Waals surface area (Å²) in [7, 11) is 0. The van der Waals surface area contributed by atoms with Crippen LogP contribution < -0.4 is 0 Å². The molecule has 1 aromatic rings. The quantitative estimate of drug-likeness (QED) is 0.780. The molecule has 1 heterocycles. The van der Waals surface area contributed by atoms with Crippen molar-refractivity contribution in [2.24, 2.45) is 0 Å². The van der Waals surface area contributed by atoms with Crippen LogP contribution in [0.25, 0.3) is 0 Å². The van der Waals surface area contributed by atoms with Crippen molar-refractivity contribution in [3.8, 4) is 6.07 Å². The van der Waals surface area contributed by atoms with Gasteiger partial charge in [0.15, 0.2) is 0 Å². The number of halogens is 1. The predicted molar refractivity (Wildman–Crippen MR) is 72.9 cm³/mol. The highest BCUT2D eigenvalue weighted by molar-refractivity contribution is 14.1. The van der Waals surface area contributed by atoms with Gasteiger partial charge in [-0.1, -0.05) is 24.6 Å². The second kappa shape index (κ2) is 5.65. The Balaban J connectivity index is 2.22. The number of piperidine rings is 1. The Morgan fingerprint density at radius 1 is 1.19 bits per heavy atom. The molecule has 0 aromatic heterocycles. The van der Waals surface area contributed by atoms with Crippen molar-refractivity contribution in [2.45, 2.75) is 25.3 Å². The highest BCUT2D eigenvalue weighted by Crippen LogP contribution is 2.27. The third-order valence-electron chi connectivity index (χ3n) is 3.08. The summed E-state index contributed by atoms with van der Waals surface area (Å²) in [5, 5.41) is 9.36. The zero-order valence-electron chi connectivity index (χ0n) is 9.19. The monoisotopic (exact) mass is 326 g/mol. The van der Waals surface area contributed by atoms with E-state index in [-0.39, 0.29) is 6.04 Å². The molecule has 1 aliphatic heterocycles. The topological polar surface area (TPSA) is 27.0 Å². The summed E-state index contributed by atoms with van der Waals surface area (Å²) in [6.07, 6.45) is 3.75. The van der Waals surface area contributed by atoms with E-state index in [0.29, 0.717) is 0 Å². The first-order valence-electron chi connectivity index (χ1n) is 5.71. The maximum Gasteiger partial charge on any atom is 0.124 e. The van der Waals surface area contributed by atoms with E-state index >= 15 is 0 Å². The predicted octanol–water partition coefficient (Wildman–Crippen LogP) is 3.34. The van der Waals surface area contributed by atoms with Crippen LogP contribution in [0, 0.1) is 14.9 Å². The SMILES string of the molecule is N#CC(c1ccccc1I)N1CCCCC1. The van der Waals surface area contributed by atoms with E-state index in [4.69, 9.17) is 0 Å². The van der Waals surface area contributed by atoms with Crippen LogP contribution in [0.4, 0.5) is 0 Å². The molecule has 0 aliphatic carbocycles. The van der Waals surface area contributed by atoms with Gasteiger partial charge >= 0.3 is 0 Å². The lowest BCUT2D eigenvalue weighted by Crippen LogP contribution is -2.33. The van der Waals surface area contributed by atoms with Gasteiger partial charge < -0.3 is 0 Å².